The maximum Gasteiger partial charge on any atom is 0.298 e. The summed E-state index contributed by atoms with van der Waals surface area (Å²) in [6.45, 7) is 0.601. The summed E-state index contributed by atoms with van der Waals surface area (Å²) in [7, 11) is 3.33. The molecule has 0 aromatic rings. The predicted molar refractivity (Wildman–Crippen MR) is 52.6 cm³/mol. The van der Waals surface area contributed by atoms with Crippen molar-refractivity contribution in [1.82, 2.24) is 15.3 Å². The van der Waals surface area contributed by atoms with E-state index in [1.165, 1.54) is 9.91 Å². The highest BCUT2D eigenvalue weighted by Gasteiger charge is 2.32. The molecule has 0 aromatic carbocycles. The molecule has 1 saturated heterocycles. The van der Waals surface area contributed by atoms with Gasteiger partial charge in [0.15, 0.2) is 0 Å². The topological polar surface area (TPSA) is 69.7 Å². The molecule has 1 aliphatic heterocycles. The molecule has 0 aromatic heterocycles. The first-order valence-corrected chi connectivity index (χ1v) is 4.80. The Labute approximate surface area is 88.2 Å². The number of likely N-dealkylation sites (N-methyl/N-ethyl adjacent to an activating group) is 1. The third-order valence-electron chi connectivity index (χ3n) is 2.34. The van der Waals surface area contributed by atoms with Gasteiger partial charge in [0.1, 0.15) is 6.04 Å². The van der Waals surface area contributed by atoms with Gasteiger partial charge in [-0.25, -0.2) is 5.01 Å². The molecule has 0 spiro atoms. The molecule has 0 radical (unpaired) electrons. The molecule has 0 aliphatic carbocycles. The summed E-state index contributed by atoms with van der Waals surface area (Å²) in [5, 5.41) is 1.53. The van der Waals surface area contributed by atoms with Gasteiger partial charge in [-0.15, -0.1) is 0 Å². The van der Waals surface area contributed by atoms with Crippen LogP contribution in [-0.4, -0.2) is 54.7 Å². The first kappa shape index (κ1) is 11.6. The lowest BCUT2D eigenvalue weighted by atomic mass is 10.2. The fraction of sp³-hybridized carbons (Fsp3) is 0.667. The fourth-order valence-electron chi connectivity index (χ4n) is 1.62. The number of aldehydes is 1. The van der Waals surface area contributed by atoms with Crippen LogP contribution in [-0.2, 0) is 14.4 Å². The standard InChI is InChI=1S/C9H15N3O3/c1-11(2)9(15)7-4-3-5-12(7)10-8(14)6-13/h6-7H,3-5H2,1-2H3,(H,10,14)/t7-/m0/s1. The Morgan fingerprint density at radius 1 is 1.47 bits per heavy atom. The lowest BCUT2D eigenvalue weighted by molar-refractivity contribution is -0.139. The van der Waals surface area contributed by atoms with Crippen molar-refractivity contribution in [3.63, 3.8) is 0 Å². The van der Waals surface area contributed by atoms with E-state index < -0.39 is 5.91 Å². The molecule has 2 amide bonds. The van der Waals surface area contributed by atoms with E-state index in [1.54, 1.807) is 14.1 Å². The lowest BCUT2D eigenvalue weighted by Gasteiger charge is -2.25. The zero-order valence-corrected chi connectivity index (χ0v) is 8.90. The molecule has 0 saturated carbocycles. The minimum Gasteiger partial charge on any atom is -0.347 e. The SMILES string of the molecule is CN(C)C(=O)[C@@H]1CCCN1NC(=O)C=O. The Balaban J connectivity index is 2.60. The Kier molecular flexibility index (Phi) is 3.79. The smallest absolute Gasteiger partial charge is 0.298 e. The van der Waals surface area contributed by atoms with Crippen molar-refractivity contribution >= 4 is 18.1 Å². The highest BCUT2D eigenvalue weighted by Crippen LogP contribution is 2.15. The minimum absolute atomic E-state index is 0.0568. The van der Waals surface area contributed by atoms with Gasteiger partial charge < -0.3 is 4.90 Å². The van der Waals surface area contributed by atoms with Crippen LogP contribution in [0.5, 0.6) is 0 Å². The Hall–Kier alpha value is -1.43. The van der Waals surface area contributed by atoms with Crippen molar-refractivity contribution in [3.8, 4) is 0 Å². The number of carbonyl (C=O) groups is 3. The first-order valence-electron chi connectivity index (χ1n) is 4.80. The molecule has 1 heterocycles. The molecule has 84 valence electrons. The number of hydrazine groups is 1. The number of hydrogen-bond acceptors (Lipinski definition) is 4. The molecule has 6 nitrogen and oxygen atoms in total. The monoisotopic (exact) mass is 213 g/mol. The molecule has 1 rings (SSSR count). The number of nitrogens with one attached hydrogen (secondary N) is 1. The van der Waals surface area contributed by atoms with Crippen LogP contribution in [0.3, 0.4) is 0 Å². The second kappa shape index (κ2) is 4.88. The maximum absolute atomic E-state index is 11.7. The van der Waals surface area contributed by atoms with Gasteiger partial charge >= 0.3 is 0 Å². The van der Waals surface area contributed by atoms with Gasteiger partial charge in [-0.05, 0) is 12.8 Å². The molecular formula is C9H15N3O3. The quantitative estimate of drug-likeness (QED) is 0.471. The largest absolute Gasteiger partial charge is 0.347 e. The number of carbonyl (C=O) groups excluding carboxylic acids is 3. The van der Waals surface area contributed by atoms with Gasteiger partial charge in [0.05, 0.1) is 0 Å². The van der Waals surface area contributed by atoms with Gasteiger partial charge in [-0.3, -0.25) is 19.8 Å². The molecule has 1 atom stereocenters. The van der Waals surface area contributed by atoms with Gasteiger partial charge in [0.25, 0.3) is 5.91 Å². The summed E-state index contributed by atoms with van der Waals surface area (Å²) in [6.07, 6.45) is 1.75. The first-order chi connectivity index (χ1) is 7.06. The Bertz CT molecular complexity index is 278. The minimum atomic E-state index is -0.714. The number of hydrogen-bond donors (Lipinski definition) is 1. The average Bonchev–Trinajstić information content (AvgIpc) is 2.64. The lowest BCUT2D eigenvalue weighted by Crippen LogP contribution is -2.51. The van der Waals surface area contributed by atoms with E-state index in [0.29, 0.717) is 13.0 Å². The van der Waals surface area contributed by atoms with Gasteiger partial charge in [0.2, 0.25) is 12.2 Å². The summed E-state index contributed by atoms with van der Waals surface area (Å²) >= 11 is 0. The summed E-state index contributed by atoms with van der Waals surface area (Å²) in [4.78, 5) is 34.2. The van der Waals surface area contributed by atoms with Crippen molar-refractivity contribution in [2.75, 3.05) is 20.6 Å². The van der Waals surface area contributed by atoms with Gasteiger partial charge in [0, 0.05) is 20.6 Å². The average molecular weight is 213 g/mol. The summed E-state index contributed by atoms with van der Waals surface area (Å²) < 4.78 is 0. The molecule has 0 bridgehead atoms. The summed E-state index contributed by atoms with van der Waals surface area (Å²) in [5.74, 6) is -0.771. The third-order valence-corrected chi connectivity index (χ3v) is 2.34. The highest BCUT2D eigenvalue weighted by molar-refractivity contribution is 6.23. The fourth-order valence-corrected chi connectivity index (χ4v) is 1.62. The van der Waals surface area contributed by atoms with Crippen LogP contribution in [0.4, 0.5) is 0 Å². The maximum atomic E-state index is 11.7. The van der Waals surface area contributed by atoms with Gasteiger partial charge in [-0.1, -0.05) is 0 Å². The molecule has 1 N–H and O–H groups in total. The second-order valence-corrected chi connectivity index (χ2v) is 3.68. The van der Waals surface area contributed by atoms with E-state index in [1.807, 2.05) is 0 Å². The molecule has 6 heteroatoms. The molecule has 15 heavy (non-hydrogen) atoms. The molecule has 1 aliphatic rings. The number of nitrogens with zero attached hydrogens (tertiary/aromatic N) is 2. The van der Waals surface area contributed by atoms with Gasteiger partial charge in [-0.2, -0.15) is 0 Å². The van der Waals surface area contributed by atoms with E-state index in [-0.39, 0.29) is 18.2 Å². The molecule has 1 fully saturated rings. The van der Waals surface area contributed by atoms with Crippen molar-refractivity contribution in [2.45, 2.75) is 18.9 Å². The van der Waals surface area contributed by atoms with Crippen LogP contribution < -0.4 is 5.43 Å². The van der Waals surface area contributed by atoms with Crippen molar-refractivity contribution in [2.24, 2.45) is 0 Å². The predicted octanol–water partition coefficient (Wildman–Crippen LogP) is -1.23. The van der Waals surface area contributed by atoms with Crippen molar-refractivity contribution in [3.05, 3.63) is 0 Å². The number of amides is 2. The van der Waals surface area contributed by atoms with Crippen LogP contribution in [0, 0.1) is 0 Å². The van der Waals surface area contributed by atoms with E-state index in [9.17, 15) is 14.4 Å². The van der Waals surface area contributed by atoms with E-state index in [4.69, 9.17) is 0 Å². The van der Waals surface area contributed by atoms with Crippen molar-refractivity contribution in [1.29, 1.82) is 0 Å². The third kappa shape index (κ3) is 2.76. The van der Waals surface area contributed by atoms with Crippen LogP contribution in [0.2, 0.25) is 0 Å². The Morgan fingerprint density at radius 3 is 2.67 bits per heavy atom. The number of rotatable bonds is 3. The zero-order valence-electron chi connectivity index (χ0n) is 8.90. The van der Waals surface area contributed by atoms with Crippen LogP contribution in [0.15, 0.2) is 0 Å². The molecule has 0 unspecified atom stereocenters. The Morgan fingerprint density at radius 2 is 2.13 bits per heavy atom. The highest BCUT2D eigenvalue weighted by atomic mass is 16.2. The van der Waals surface area contributed by atoms with Crippen molar-refractivity contribution < 1.29 is 14.4 Å². The normalized spacial score (nSPS) is 21.1. The van der Waals surface area contributed by atoms with Crippen LogP contribution in [0.1, 0.15) is 12.8 Å². The second-order valence-electron chi connectivity index (χ2n) is 3.68. The van der Waals surface area contributed by atoms with Crippen LogP contribution >= 0.6 is 0 Å². The van der Waals surface area contributed by atoms with E-state index in [0.717, 1.165) is 6.42 Å². The van der Waals surface area contributed by atoms with E-state index in [2.05, 4.69) is 5.43 Å². The van der Waals surface area contributed by atoms with E-state index >= 15 is 0 Å². The summed E-state index contributed by atoms with van der Waals surface area (Å²) in [6, 6.07) is -0.344. The zero-order chi connectivity index (χ0) is 11.4. The molecular weight excluding hydrogens is 198 g/mol. The summed E-state index contributed by atoms with van der Waals surface area (Å²) in [5.41, 5.74) is 2.39. The van der Waals surface area contributed by atoms with Crippen LogP contribution in [0.25, 0.3) is 0 Å².